The second-order valence-corrected chi connectivity index (χ2v) is 1.79. The first-order valence-corrected chi connectivity index (χ1v) is 3.32. The van der Waals surface area contributed by atoms with Crippen LogP contribution in [0.4, 0.5) is 4.79 Å². The topological polar surface area (TPSA) is 58.6 Å². The molecule has 1 fully saturated rings. The summed E-state index contributed by atoms with van der Waals surface area (Å²) < 4.78 is 4.40. The summed E-state index contributed by atoms with van der Waals surface area (Å²) in [6.07, 6.45) is 0.579. The Bertz CT molecular complexity index is 85.0. The van der Waals surface area contributed by atoms with Gasteiger partial charge in [-0.25, -0.2) is 4.79 Å². The van der Waals surface area contributed by atoms with Crippen LogP contribution in [0.3, 0.4) is 0 Å². The zero-order chi connectivity index (χ0) is 7.82. The van der Waals surface area contributed by atoms with Crippen molar-refractivity contribution in [2.75, 3.05) is 19.8 Å². The largest absolute Gasteiger partial charge is 0.448 e. The fourth-order valence-electron chi connectivity index (χ4n) is 0.348. The van der Waals surface area contributed by atoms with Crippen LogP contribution in [-0.2, 0) is 4.74 Å². The molecule has 60 valence electrons. The van der Waals surface area contributed by atoms with E-state index >= 15 is 0 Å². The van der Waals surface area contributed by atoms with Crippen molar-refractivity contribution in [1.82, 2.24) is 5.32 Å². The van der Waals surface area contributed by atoms with Crippen molar-refractivity contribution in [2.45, 2.75) is 13.3 Å². The van der Waals surface area contributed by atoms with E-state index < -0.39 is 0 Å². The summed E-state index contributed by atoms with van der Waals surface area (Å²) in [6, 6.07) is 0. The third kappa shape index (κ3) is 5.37. The molecule has 1 aliphatic heterocycles. The first-order chi connectivity index (χ1) is 4.81. The van der Waals surface area contributed by atoms with E-state index in [1.54, 1.807) is 0 Å². The van der Waals surface area contributed by atoms with Crippen LogP contribution in [0, 0.1) is 0 Å². The molecule has 1 heterocycles. The van der Waals surface area contributed by atoms with E-state index in [1.807, 2.05) is 6.92 Å². The second-order valence-electron chi connectivity index (χ2n) is 1.79. The van der Waals surface area contributed by atoms with Gasteiger partial charge in [-0.05, 0) is 6.42 Å². The first-order valence-electron chi connectivity index (χ1n) is 3.32. The summed E-state index contributed by atoms with van der Waals surface area (Å²) in [5, 5.41) is 10.3. The van der Waals surface area contributed by atoms with Crippen molar-refractivity contribution in [3.8, 4) is 0 Å². The molecule has 1 aliphatic rings. The van der Waals surface area contributed by atoms with E-state index in [2.05, 4.69) is 10.1 Å². The van der Waals surface area contributed by atoms with Crippen molar-refractivity contribution in [3.05, 3.63) is 0 Å². The highest BCUT2D eigenvalue weighted by Crippen LogP contribution is 1.82. The lowest BCUT2D eigenvalue weighted by atomic mass is 10.5. The highest BCUT2D eigenvalue weighted by atomic mass is 16.6. The molecule has 0 spiro atoms. The molecule has 10 heavy (non-hydrogen) atoms. The lowest BCUT2D eigenvalue weighted by molar-refractivity contribution is 0.178. The maximum absolute atomic E-state index is 9.91. The summed E-state index contributed by atoms with van der Waals surface area (Å²) in [5.41, 5.74) is 0. The number of hydrogen-bond donors (Lipinski definition) is 2. The van der Waals surface area contributed by atoms with E-state index in [9.17, 15) is 4.79 Å². The third-order valence-electron chi connectivity index (χ3n) is 0.828. The smallest absolute Gasteiger partial charge is 0.407 e. The highest BCUT2D eigenvalue weighted by Gasteiger charge is 2.06. The fourth-order valence-corrected chi connectivity index (χ4v) is 0.348. The zero-order valence-corrected chi connectivity index (χ0v) is 6.09. The molecule has 0 aliphatic carbocycles. The molecule has 4 nitrogen and oxygen atoms in total. The van der Waals surface area contributed by atoms with Crippen molar-refractivity contribution in [1.29, 1.82) is 0 Å². The minimum absolute atomic E-state index is 0.296. The van der Waals surface area contributed by atoms with Gasteiger partial charge in [0.05, 0.1) is 6.54 Å². The molecular weight excluding hydrogens is 134 g/mol. The Kier molecular flexibility index (Phi) is 5.86. The van der Waals surface area contributed by atoms with Gasteiger partial charge < -0.3 is 15.2 Å². The summed E-state index contributed by atoms with van der Waals surface area (Å²) in [7, 11) is 0. The number of aliphatic hydroxyl groups excluding tert-OH is 1. The molecule has 0 radical (unpaired) electrons. The number of carbonyl (C=O) groups excluding carboxylic acids is 1. The van der Waals surface area contributed by atoms with Gasteiger partial charge in [-0.2, -0.15) is 0 Å². The maximum Gasteiger partial charge on any atom is 0.407 e. The zero-order valence-electron chi connectivity index (χ0n) is 6.09. The molecule has 0 saturated carbocycles. The normalized spacial score (nSPS) is 14.8. The predicted molar refractivity (Wildman–Crippen MR) is 36.7 cm³/mol. The average Bonchev–Trinajstić information content (AvgIpc) is 2.40. The lowest BCUT2D eigenvalue weighted by Gasteiger charge is -1.80. The standard InChI is InChI=1S/C3H5NO2.C3H8O/c5-3-4-1-2-6-3;1-2-3-4/h1-2H2,(H,4,5);4H,2-3H2,1H3. The molecule has 1 saturated heterocycles. The maximum atomic E-state index is 9.91. The van der Waals surface area contributed by atoms with Crippen LogP contribution in [0.5, 0.6) is 0 Å². The van der Waals surface area contributed by atoms with Crippen LogP contribution in [0.15, 0.2) is 0 Å². The molecule has 0 unspecified atom stereocenters. The van der Waals surface area contributed by atoms with Gasteiger partial charge in [0.2, 0.25) is 0 Å². The minimum Gasteiger partial charge on any atom is -0.448 e. The van der Waals surface area contributed by atoms with Crippen LogP contribution in [-0.4, -0.2) is 31.0 Å². The van der Waals surface area contributed by atoms with Crippen LogP contribution in [0.25, 0.3) is 0 Å². The van der Waals surface area contributed by atoms with E-state index in [0.29, 0.717) is 19.8 Å². The summed E-state index contributed by atoms with van der Waals surface area (Å²) in [4.78, 5) is 9.91. The number of hydrogen-bond acceptors (Lipinski definition) is 3. The van der Waals surface area contributed by atoms with E-state index in [0.717, 1.165) is 6.42 Å². The summed E-state index contributed by atoms with van der Waals surface area (Å²) in [5.74, 6) is 0. The van der Waals surface area contributed by atoms with Crippen molar-refractivity contribution in [3.63, 3.8) is 0 Å². The highest BCUT2D eigenvalue weighted by molar-refractivity contribution is 5.68. The van der Waals surface area contributed by atoms with Gasteiger partial charge in [-0.15, -0.1) is 0 Å². The van der Waals surface area contributed by atoms with Crippen LogP contribution in [0.2, 0.25) is 0 Å². The summed E-state index contributed by atoms with van der Waals surface area (Å²) >= 11 is 0. The molecular formula is C6H13NO3. The van der Waals surface area contributed by atoms with Gasteiger partial charge >= 0.3 is 6.09 Å². The molecule has 4 heteroatoms. The second kappa shape index (κ2) is 6.35. The Morgan fingerprint density at radius 2 is 2.40 bits per heavy atom. The van der Waals surface area contributed by atoms with E-state index in [1.165, 1.54) is 0 Å². The number of rotatable bonds is 1. The number of aliphatic hydroxyl groups is 1. The third-order valence-corrected chi connectivity index (χ3v) is 0.828. The van der Waals surface area contributed by atoms with Crippen LogP contribution in [0.1, 0.15) is 13.3 Å². The molecule has 0 aromatic carbocycles. The van der Waals surface area contributed by atoms with Crippen molar-refractivity contribution in [2.24, 2.45) is 0 Å². The Balaban J connectivity index is 0.000000180. The number of ether oxygens (including phenoxy) is 1. The molecule has 1 amide bonds. The number of cyclic esters (lactones) is 1. The van der Waals surface area contributed by atoms with Gasteiger partial charge in [0.25, 0.3) is 0 Å². The molecule has 2 N–H and O–H groups in total. The molecule has 0 aromatic heterocycles. The van der Waals surface area contributed by atoms with E-state index in [4.69, 9.17) is 5.11 Å². The van der Waals surface area contributed by atoms with Crippen molar-refractivity contribution < 1.29 is 14.6 Å². The molecule has 0 atom stereocenters. The minimum atomic E-state index is -0.296. The number of carbonyl (C=O) groups is 1. The number of nitrogens with one attached hydrogen (secondary N) is 1. The summed E-state index contributed by atoms with van der Waals surface area (Å²) in [6.45, 7) is 3.44. The average molecular weight is 147 g/mol. The van der Waals surface area contributed by atoms with Gasteiger partial charge in [-0.1, -0.05) is 6.92 Å². The Morgan fingerprint density at radius 1 is 1.80 bits per heavy atom. The Morgan fingerprint density at radius 3 is 2.50 bits per heavy atom. The Hall–Kier alpha value is -0.770. The van der Waals surface area contributed by atoms with Gasteiger partial charge in [-0.3, -0.25) is 0 Å². The first kappa shape index (κ1) is 9.23. The lowest BCUT2D eigenvalue weighted by Crippen LogP contribution is -2.11. The molecule has 0 aromatic rings. The van der Waals surface area contributed by atoms with Crippen molar-refractivity contribution >= 4 is 6.09 Å². The van der Waals surface area contributed by atoms with Crippen LogP contribution < -0.4 is 5.32 Å². The number of alkyl carbamates (subject to hydrolysis) is 1. The molecule has 0 bridgehead atoms. The quantitative estimate of drug-likeness (QED) is 0.553. The van der Waals surface area contributed by atoms with Crippen LogP contribution >= 0.6 is 0 Å². The van der Waals surface area contributed by atoms with E-state index in [-0.39, 0.29) is 6.09 Å². The number of amides is 1. The fraction of sp³-hybridized carbons (Fsp3) is 0.833. The van der Waals surface area contributed by atoms with Gasteiger partial charge in [0, 0.05) is 6.61 Å². The van der Waals surface area contributed by atoms with Gasteiger partial charge in [0.1, 0.15) is 6.61 Å². The predicted octanol–water partition coefficient (Wildman–Crippen LogP) is 0.115. The monoisotopic (exact) mass is 147 g/mol. The van der Waals surface area contributed by atoms with Gasteiger partial charge in [0.15, 0.2) is 0 Å². The SMILES string of the molecule is CCCO.O=C1NCCO1. The molecule has 1 rings (SSSR count). The Labute approximate surface area is 60.2 Å².